The van der Waals surface area contributed by atoms with Crippen LogP contribution in [0.2, 0.25) is 0 Å². The minimum absolute atomic E-state index is 0.247. The molecule has 0 aromatic rings. The summed E-state index contributed by atoms with van der Waals surface area (Å²) < 4.78 is 0. The molecular formula is C22H43N5O5S2. The standard InChI is InChI=1S/C22H43N5O5S2/c1-5-14(2)18(21(30)26-17(22(31)32)10-13-34-4)27-20(29)16(8-6-7-11-23)25-19(28)15(24)9-12-33-3/h14-18H,5-13,23-24H2,1-4H3,(H,25,28)(H,26,30)(H,27,29)(H,31,32). The largest absolute Gasteiger partial charge is 0.480 e. The van der Waals surface area contributed by atoms with Gasteiger partial charge >= 0.3 is 5.97 Å². The lowest BCUT2D eigenvalue weighted by Crippen LogP contribution is -2.58. The van der Waals surface area contributed by atoms with Crippen molar-refractivity contribution in [3.05, 3.63) is 0 Å². The Morgan fingerprint density at radius 2 is 1.44 bits per heavy atom. The number of nitrogens with two attached hydrogens (primary N) is 2. The fourth-order valence-electron chi connectivity index (χ4n) is 3.13. The molecule has 0 saturated heterocycles. The molecule has 3 amide bonds. The normalized spacial score (nSPS) is 15.5. The third-order valence-electron chi connectivity index (χ3n) is 5.57. The fourth-order valence-corrected chi connectivity index (χ4v) is 4.09. The number of carbonyl (C=O) groups excluding carboxylic acids is 3. The first kappa shape index (κ1) is 32.5. The van der Waals surface area contributed by atoms with Crippen molar-refractivity contribution in [2.24, 2.45) is 17.4 Å². The van der Waals surface area contributed by atoms with Crippen LogP contribution < -0.4 is 27.4 Å². The van der Waals surface area contributed by atoms with E-state index in [1.54, 1.807) is 11.8 Å². The van der Waals surface area contributed by atoms with Crippen LogP contribution in [0, 0.1) is 5.92 Å². The van der Waals surface area contributed by atoms with Gasteiger partial charge in [-0.25, -0.2) is 4.79 Å². The van der Waals surface area contributed by atoms with E-state index in [0.29, 0.717) is 44.4 Å². The highest BCUT2D eigenvalue weighted by Gasteiger charge is 2.32. The number of carboxylic acids is 1. The molecule has 0 radical (unpaired) electrons. The second kappa shape index (κ2) is 18.8. The molecule has 0 aromatic carbocycles. The van der Waals surface area contributed by atoms with E-state index in [1.165, 1.54) is 11.8 Å². The summed E-state index contributed by atoms with van der Waals surface area (Å²) in [6.45, 7) is 4.15. The Morgan fingerprint density at radius 1 is 0.853 bits per heavy atom. The fraction of sp³-hybridized carbons (Fsp3) is 0.818. The van der Waals surface area contributed by atoms with Gasteiger partial charge in [-0.2, -0.15) is 23.5 Å². The maximum absolute atomic E-state index is 13.1. The summed E-state index contributed by atoms with van der Waals surface area (Å²) in [6, 6.07) is -3.59. The average molecular weight is 522 g/mol. The molecule has 0 heterocycles. The summed E-state index contributed by atoms with van der Waals surface area (Å²) in [4.78, 5) is 50.2. The summed E-state index contributed by atoms with van der Waals surface area (Å²) in [5, 5.41) is 17.5. The van der Waals surface area contributed by atoms with Gasteiger partial charge in [0, 0.05) is 0 Å². The summed E-state index contributed by atoms with van der Waals surface area (Å²) in [7, 11) is 0. The second-order valence-corrected chi connectivity index (χ2v) is 10.3. The molecule has 5 atom stereocenters. The van der Waals surface area contributed by atoms with Crippen molar-refractivity contribution in [3.8, 4) is 0 Å². The number of amides is 3. The molecular weight excluding hydrogens is 478 g/mol. The van der Waals surface area contributed by atoms with Crippen LogP contribution in [0.4, 0.5) is 0 Å². The van der Waals surface area contributed by atoms with Crippen molar-refractivity contribution in [2.45, 2.75) is 76.5 Å². The third-order valence-corrected chi connectivity index (χ3v) is 6.86. The topological polar surface area (TPSA) is 177 Å². The van der Waals surface area contributed by atoms with Crippen LogP contribution in [0.3, 0.4) is 0 Å². The second-order valence-electron chi connectivity index (χ2n) is 8.29. The number of unbranched alkanes of at least 4 members (excludes halogenated alkanes) is 1. The van der Waals surface area contributed by atoms with Gasteiger partial charge in [-0.1, -0.05) is 20.3 Å². The van der Waals surface area contributed by atoms with E-state index < -0.39 is 47.9 Å². The lowest BCUT2D eigenvalue weighted by atomic mass is 9.97. The van der Waals surface area contributed by atoms with Crippen molar-refractivity contribution in [3.63, 3.8) is 0 Å². The van der Waals surface area contributed by atoms with Crippen LogP contribution >= 0.6 is 23.5 Å². The van der Waals surface area contributed by atoms with E-state index in [4.69, 9.17) is 11.5 Å². The third kappa shape index (κ3) is 12.8. The summed E-state index contributed by atoms with van der Waals surface area (Å²) >= 11 is 3.06. The summed E-state index contributed by atoms with van der Waals surface area (Å²) in [5.41, 5.74) is 11.5. The molecule has 8 N–H and O–H groups in total. The van der Waals surface area contributed by atoms with Gasteiger partial charge in [-0.05, 0) is 68.6 Å². The van der Waals surface area contributed by atoms with Crippen LogP contribution in [0.15, 0.2) is 0 Å². The van der Waals surface area contributed by atoms with E-state index in [9.17, 15) is 24.3 Å². The highest BCUT2D eigenvalue weighted by atomic mass is 32.2. The number of carboxylic acid groups (broad SMARTS) is 1. The molecule has 5 unspecified atom stereocenters. The highest BCUT2D eigenvalue weighted by molar-refractivity contribution is 7.98. The number of thioether (sulfide) groups is 2. The van der Waals surface area contributed by atoms with Crippen LogP contribution in [-0.4, -0.2) is 83.5 Å². The van der Waals surface area contributed by atoms with E-state index in [2.05, 4.69) is 16.0 Å². The Bertz CT molecular complexity index is 641. The van der Waals surface area contributed by atoms with Crippen molar-refractivity contribution < 1.29 is 24.3 Å². The first-order chi connectivity index (χ1) is 16.1. The lowest BCUT2D eigenvalue weighted by molar-refractivity contribution is -0.142. The number of hydrogen-bond acceptors (Lipinski definition) is 8. The van der Waals surface area contributed by atoms with Crippen LogP contribution in [0.5, 0.6) is 0 Å². The van der Waals surface area contributed by atoms with Gasteiger partial charge in [0.1, 0.15) is 18.1 Å². The minimum Gasteiger partial charge on any atom is -0.480 e. The van der Waals surface area contributed by atoms with Crippen LogP contribution in [0.1, 0.15) is 52.4 Å². The predicted molar refractivity (Wildman–Crippen MR) is 140 cm³/mol. The zero-order chi connectivity index (χ0) is 26.1. The molecule has 0 saturated carbocycles. The van der Waals surface area contributed by atoms with Crippen molar-refractivity contribution in [2.75, 3.05) is 30.6 Å². The van der Waals surface area contributed by atoms with Gasteiger partial charge in [0.25, 0.3) is 0 Å². The number of carbonyl (C=O) groups is 4. The Labute approximate surface area is 211 Å². The van der Waals surface area contributed by atoms with Gasteiger partial charge < -0.3 is 32.5 Å². The molecule has 0 aliphatic rings. The molecule has 0 bridgehead atoms. The van der Waals surface area contributed by atoms with E-state index in [-0.39, 0.29) is 12.3 Å². The monoisotopic (exact) mass is 521 g/mol. The number of hydrogen-bond donors (Lipinski definition) is 6. The van der Waals surface area contributed by atoms with E-state index >= 15 is 0 Å². The number of rotatable bonds is 19. The van der Waals surface area contributed by atoms with Gasteiger partial charge in [0.05, 0.1) is 6.04 Å². The molecule has 12 heteroatoms. The smallest absolute Gasteiger partial charge is 0.326 e. The van der Waals surface area contributed by atoms with Gasteiger partial charge in [-0.3, -0.25) is 14.4 Å². The maximum atomic E-state index is 13.1. The van der Waals surface area contributed by atoms with Gasteiger partial charge in [0.15, 0.2) is 0 Å². The quantitative estimate of drug-likeness (QED) is 0.132. The summed E-state index contributed by atoms with van der Waals surface area (Å²) in [6.07, 6.45) is 6.77. The molecule has 0 rings (SSSR count). The molecule has 10 nitrogen and oxygen atoms in total. The molecule has 198 valence electrons. The van der Waals surface area contributed by atoms with Crippen LogP contribution in [0.25, 0.3) is 0 Å². The Kier molecular flexibility index (Phi) is 18.0. The molecule has 0 aromatic heterocycles. The first-order valence-corrected chi connectivity index (χ1v) is 14.5. The summed E-state index contributed by atoms with van der Waals surface area (Å²) in [5.74, 6) is -1.56. The van der Waals surface area contributed by atoms with Gasteiger partial charge in [-0.15, -0.1) is 0 Å². The minimum atomic E-state index is -1.12. The van der Waals surface area contributed by atoms with Crippen LogP contribution in [-0.2, 0) is 19.2 Å². The van der Waals surface area contributed by atoms with Crippen molar-refractivity contribution in [1.29, 1.82) is 0 Å². The van der Waals surface area contributed by atoms with Gasteiger partial charge in [0.2, 0.25) is 17.7 Å². The Balaban J connectivity index is 5.47. The van der Waals surface area contributed by atoms with Crippen molar-refractivity contribution >= 4 is 47.2 Å². The molecule has 34 heavy (non-hydrogen) atoms. The van der Waals surface area contributed by atoms with E-state index in [0.717, 1.165) is 5.75 Å². The lowest BCUT2D eigenvalue weighted by Gasteiger charge is -2.28. The van der Waals surface area contributed by atoms with Crippen molar-refractivity contribution in [1.82, 2.24) is 16.0 Å². The average Bonchev–Trinajstić information content (AvgIpc) is 2.81. The SMILES string of the molecule is CCC(C)C(NC(=O)C(CCCCN)NC(=O)C(N)CCSC)C(=O)NC(CCSC)C(=O)O. The molecule has 0 spiro atoms. The molecule has 0 aliphatic heterocycles. The highest BCUT2D eigenvalue weighted by Crippen LogP contribution is 2.11. The maximum Gasteiger partial charge on any atom is 0.326 e. The zero-order valence-electron chi connectivity index (χ0n) is 20.8. The Hall–Kier alpha value is -1.50. The predicted octanol–water partition coefficient (Wildman–Crippen LogP) is 0.534. The molecule has 0 aliphatic carbocycles. The first-order valence-electron chi connectivity index (χ1n) is 11.7. The number of aliphatic carboxylic acids is 1. The Morgan fingerprint density at radius 3 is 1.97 bits per heavy atom. The number of nitrogens with one attached hydrogen (secondary N) is 3. The zero-order valence-corrected chi connectivity index (χ0v) is 22.4. The molecule has 0 fully saturated rings. The van der Waals surface area contributed by atoms with E-state index in [1.807, 2.05) is 26.4 Å².